The van der Waals surface area contributed by atoms with E-state index in [-0.39, 0.29) is 34.4 Å². The molecule has 188 valence electrons. The number of carbonyl (C=O) groups is 1. The van der Waals surface area contributed by atoms with Crippen molar-refractivity contribution >= 4 is 38.2 Å². The normalized spacial score (nSPS) is 11.7. The molecule has 3 N–H and O–H groups in total. The number of aromatic nitrogens is 3. The largest absolute Gasteiger partial charge is 0.361 e. The van der Waals surface area contributed by atoms with Gasteiger partial charge in [-0.05, 0) is 47.9 Å². The summed E-state index contributed by atoms with van der Waals surface area (Å²) in [5.74, 6) is -0.307. The highest BCUT2D eigenvalue weighted by Gasteiger charge is 2.21. The molecule has 0 spiro atoms. The van der Waals surface area contributed by atoms with Crippen molar-refractivity contribution in [1.82, 2.24) is 20.3 Å². The van der Waals surface area contributed by atoms with Gasteiger partial charge in [-0.1, -0.05) is 26.8 Å². The Bertz CT molecular complexity index is 1520. The highest BCUT2D eigenvalue weighted by Crippen LogP contribution is 2.28. The lowest BCUT2D eigenvalue weighted by Crippen LogP contribution is -2.28. The minimum atomic E-state index is -3.66. The fraction of sp³-hybridized carbons (Fsp3) is 0.269. The number of hydrogen-bond acceptors (Lipinski definition) is 6. The van der Waals surface area contributed by atoms with E-state index in [0.29, 0.717) is 29.5 Å². The Labute approximate surface area is 209 Å². The highest BCUT2D eigenvalue weighted by atomic mass is 32.2. The third kappa shape index (κ3) is 5.71. The highest BCUT2D eigenvalue weighted by molar-refractivity contribution is 7.91. The smallest absolute Gasteiger partial charge is 0.224 e. The summed E-state index contributed by atoms with van der Waals surface area (Å²) in [6, 6.07) is 11.9. The van der Waals surface area contributed by atoms with Crippen molar-refractivity contribution in [2.75, 3.05) is 17.6 Å². The Morgan fingerprint density at radius 1 is 1.14 bits per heavy atom. The van der Waals surface area contributed by atoms with Crippen LogP contribution in [0.1, 0.15) is 26.3 Å². The quantitative estimate of drug-likeness (QED) is 0.303. The van der Waals surface area contributed by atoms with E-state index in [1.165, 1.54) is 25.3 Å². The van der Waals surface area contributed by atoms with E-state index >= 15 is 0 Å². The lowest BCUT2D eigenvalue weighted by molar-refractivity contribution is -0.120. The summed E-state index contributed by atoms with van der Waals surface area (Å²) in [4.78, 5) is 23.9. The van der Waals surface area contributed by atoms with Gasteiger partial charge in [0.15, 0.2) is 21.5 Å². The molecule has 0 saturated heterocycles. The van der Waals surface area contributed by atoms with Crippen LogP contribution in [-0.2, 0) is 21.1 Å². The molecule has 36 heavy (non-hydrogen) atoms. The lowest BCUT2D eigenvalue weighted by atomic mass is 10.1. The number of H-pyrrole nitrogens is 1. The average Bonchev–Trinajstić information content (AvgIpc) is 3.32. The van der Waals surface area contributed by atoms with Crippen molar-refractivity contribution in [3.63, 3.8) is 0 Å². The molecule has 4 aromatic rings. The van der Waals surface area contributed by atoms with Crippen molar-refractivity contribution in [3.05, 3.63) is 66.2 Å². The first-order valence-electron chi connectivity index (χ1n) is 11.7. The summed E-state index contributed by atoms with van der Waals surface area (Å²) >= 11 is 0. The second-order valence-electron chi connectivity index (χ2n) is 8.90. The first kappa shape index (κ1) is 25.3. The topological polar surface area (TPSA) is 117 Å². The van der Waals surface area contributed by atoms with Crippen LogP contribution in [0, 0.1) is 11.7 Å². The molecule has 0 saturated carbocycles. The van der Waals surface area contributed by atoms with Gasteiger partial charge in [0, 0.05) is 34.9 Å². The van der Waals surface area contributed by atoms with E-state index in [1.54, 1.807) is 6.07 Å². The molecule has 0 unspecified atom stereocenters. The molecule has 0 aliphatic rings. The number of fused-ring (bicyclic) bond motifs is 1. The van der Waals surface area contributed by atoms with Crippen molar-refractivity contribution in [3.8, 4) is 11.4 Å². The average molecular weight is 510 g/mol. The number of nitrogens with zero attached hydrogens (tertiary/aromatic N) is 2. The van der Waals surface area contributed by atoms with Crippen molar-refractivity contribution in [2.24, 2.45) is 5.92 Å². The second-order valence-corrected chi connectivity index (χ2v) is 11.1. The minimum Gasteiger partial charge on any atom is -0.361 e. The Morgan fingerprint density at radius 2 is 1.94 bits per heavy atom. The van der Waals surface area contributed by atoms with Crippen molar-refractivity contribution in [2.45, 2.75) is 32.1 Å². The summed E-state index contributed by atoms with van der Waals surface area (Å²) in [6.07, 6.45) is 3.01. The van der Waals surface area contributed by atoms with Gasteiger partial charge in [0.25, 0.3) is 0 Å². The van der Waals surface area contributed by atoms with E-state index < -0.39 is 15.7 Å². The van der Waals surface area contributed by atoms with Crippen LogP contribution in [-0.4, -0.2) is 41.6 Å². The zero-order chi connectivity index (χ0) is 25.9. The van der Waals surface area contributed by atoms with Crippen LogP contribution in [0.25, 0.3) is 22.3 Å². The predicted molar refractivity (Wildman–Crippen MR) is 138 cm³/mol. The van der Waals surface area contributed by atoms with Gasteiger partial charge in [0.2, 0.25) is 5.91 Å². The number of hydrogen-bond donors (Lipinski definition) is 3. The number of amides is 1. The molecule has 0 aliphatic carbocycles. The Kier molecular flexibility index (Phi) is 7.35. The summed E-state index contributed by atoms with van der Waals surface area (Å²) in [5.41, 5.74) is 2.21. The monoisotopic (exact) mass is 509 g/mol. The molecular weight excluding hydrogens is 481 g/mol. The third-order valence-electron chi connectivity index (χ3n) is 5.66. The van der Waals surface area contributed by atoms with Gasteiger partial charge in [-0.15, -0.1) is 0 Å². The zero-order valence-electron chi connectivity index (χ0n) is 20.3. The van der Waals surface area contributed by atoms with Gasteiger partial charge < -0.3 is 15.6 Å². The first-order valence-corrected chi connectivity index (χ1v) is 13.3. The maximum absolute atomic E-state index is 14.8. The number of halogens is 1. The third-order valence-corrected chi connectivity index (χ3v) is 7.39. The van der Waals surface area contributed by atoms with Crippen LogP contribution in [0.5, 0.6) is 0 Å². The van der Waals surface area contributed by atoms with Crippen LogP contribution in [0.15, 0.2) is 59.8 Å². The van der Waals surface area contributed by atoms with Gasteiger partial charge in [-0.3, -0.25) is 4.79 Å². The molecule has 10 heteroatoms. The fourth-order valence-electron chi connectivity index (χ4n) is 3.63. The second kappa shape index (κ2) is 10.4. The molecule has 2 aromatic carbocycles. The van der Waals surface area contributed by atoms with Gasteiger partial charge >= 0.3 is 0 Å². The first-order chi connectivity index (χ1) is 17.2. The van der Waals surface area contributed by atoms with Gasteiger partial charge in [-0.25, -0.2) is 22.8 Å². The summed E-state index contributed by atoms with van der Waals surface area (Å²) < 4.78 is 40.2. The van der Waals surface area contributed by atoms with Crippen LogP contribution in [0.4, 0.5) is 15.9 Å². The molecule has 0 atom stereocenters. The minimum absolute atomic E-state index is 0.0536. The number of anilines is 2. The number of aromatic amines is 1. The molecule has 0 fully saturated rings. The zero-order valence-corrected chi connectivity index (χ0v) is 21.1. The van der Waals surface area contributed by atoms with Crippen molar-refractivity contribution in [1.29, 1.82) is 0 Å². The van der Waals surface area contributed by atoms with Gasteiger partial charge in [-0.2, -0.15) is 0 Å². The number of sulfone groups is 1. The van der Waals surface area contributed by atoms with Crippen molar-refractivity contribution < 1.29 is 17.6 Å². The van der Waals surface area contributed by atoms with Crippen LogP contribution >= 0.6 is 0 Å². The molecule has 1 amide bonds. The molecular formula is C26H28FN5O3S. The maximum Gasteiger partial charge on any atom is 0.224 e. The fourth-order valence-corrected chi connectivity index (χ4v) is 4.55. The van der Waals surface area contributed by atoms with E-state index in [4.69, 9.17) is 0 Å². The molecule has 0 radical (unpaired) electrons. The number of carbonyl (C=O) groups excluding carboxylic acids is 1. The molecule has 4 rings (SSSR count). The summed E-state index contributed by atoms with van der Waals surface area (Å²) in [7, 11) is -3.66. The Balaban J connectivity index is 1.64. The maximum atomic E-state index is 14.8. The Morgan fingerprint density at radius 3 is 2.67 bits per heavy atom. The van der Waals surface area contributed by atoms with Crippen LogP contribution in [0.3, 0.4) is 0 Å². The van der Waals surface area contributed by atoms with E-state index in [1.807, 2.05) is 44.3 Å². The SMILES string of the molecule is CCS(=O)(=O)c1cnc(-c2ccc3[nH]ccc3c2)nc1Nc1ccc(CC(=O)NCC(C)C)c(F)c1. The number of benzene rings is 2. The molecule has 2 heterocycles. The molecule has 8 nitrogen and oxygen atoms in total. The Hall–Kier alpha value is -3.79. The standard InChI is InChI=1S/C26H28FN5O3S/c1-4-36(34,35)23-15-30-25(19-6-8-22-18(11-19)9-10-28-22)32-26(23)31-20-7-5-17(21(27)13-20)12-24(33)29-14-16(2)3/h5-11,13,15-16,28H,4,12,14H2,1-3H3,(H,29,33)(H,30,31,32). The lowest BCUT2D eigenvalue weighted by Gasteiger charge is -2.13. The van der Waals surface area contributed by atoms with Gasteiger partial charge in [0.1, 0.15) is 10.7 Å². The predicted octanol–water partition coefficient (Wildman–Crippen LogP) is 4.62. The van der Waals surface area contributed by atoms with Crippen LogP contribution < -0.4 is 10.6 Å². The number of rotatable bonds is 9. The van der Waals surface area contributed by atoms with Crippen LogP contribution in [0.2, 0.25) is 0 Å². The summed E-state index contributed by atoms with van der Waals surface area (Å²) in [6.45, 7) is 6.00. The molecule has 0 bridgehead atoms. The molecule has 2 aromatic heterocycles. The summed E-state index contributed by atoms with van der Waals surface area (Å²) in [5, 5.41) is 6.67. The van der Waals surface area contributed by atoms with E-state index in [9.17, 15) is 17.6 Å². The van der Waals surface area contributed by atoms with E-state index in [0.717, 1.165) is 10.9 Å². The number of nitrogens with one attached hydrogen (secondary N) is 3. The van der Waals surface area contributed by atoms with E-state index in [2.05, 4.69) is 25.6 Å². The molecule has 0 aliphatic heterocycles. The van der Waals surface area contributed by atoms with Gasteiger partial charge in [0.05, 0.1) is 18.4 Å².